The van der Waals surface area contributed by atoms with Gasteiger partial charge in [0.1, 0.15) is 18.2 Å². The van der Waals surface area contributed by atoms with Gasteiger partial charge in [0.15, 0.2) is 0 Å². The maximum Gasteiger partial charge on any atom is 0.218 e. The number of hydrogen-bond acceptors (Lipinski definition) is 5. The molecule has 0 radical (unpaired) electrons. The molecule has 1 heterocycles. The van der Waals surface area contributed by atoms with Crippen LogP contribution in [0, 0.1) is 0 Å². The Bertz CT molecular complexity index is 383. The maximum atomic E-state index is 5.58. The van der Waals surface area contributed by atoms with E-state index in [-0.39, 0.29) is 5.92 Å². The Morgan fingerprint density at radius 2 is 1.95 bits per heavy atom. The van der Waals surface area contributed by atoms with Gasteiger partial charge in [0.05, 0.1) is 6.61 Å². The molecule has 0 amide bonds. The van der Waals surface area contributed by atoms with E-state index < -0.39 is 0 Å². The van der Waals surface area contributed by atoms with Crippen LogP contribution in [0.15, 0.2) is 6.07 Å². The van der Waals surface area contributed by atoms with Gasteiger partial charge in [-0.3, -0.25) is 0 Å². The second-order valence-electron chi connectivity index (χ2n) is 4.90. The minimum absolute atomic E-state index is 0.267. The largest absolute Gasteiger partial charge is 0.475 e. The molecule has 1 aromatic heterocycles. The van der Waals surface area contributed by atoms with Crippen LogP contribution in [0.4, 0.5) is 5.82 Å². The number of anilines is 1. The topological polar surface area (TPSA) is 56.3 Å². The van der Waals surface area contributed by atoms with Crippen LogP contribution in [-0.4, -0.2) is 36.3 Å². The normalized spacial score (nSPS) is 12.5. The fourth-order valence-corrected chi connectivity index (χ4v) is 1.43. The van der Waals surface area contributed by atoms with Gasteiger partial charge in [0.25, 0.3) is 0 Å². The van der Waals surface area contributed by atoms with Gasteiger partial charge >= 0.3 is 0 Å². The Hall–Kier alpha value is -1.36. The van der Waals surface area contributed by atoms with Crippen molar-refractivity contribution in [3.8, 4) is 5.88 Å². The molecule has 0 saturated heterocycles. The van der Waals surface area contributed by atoms with Crippen molar-refractivity contribution in [3.05, 3.63) is 11.9 Å². The monoisotopic (exact) mass is 267 g/mol. The Morgan fingerprint density at radius 3 is 2.53 bits per heavy atom. The van der Waals surface area contributed by atoms with Crippen LogP contribution in [0.5, 0.6) is 5.88 Å². The summed E-state index contributed by atoms with van der Waals surface area (Å²) in [6.07, 6.45) is 1.04. The van der Waals surface area contributed by atoms with E-state index in [1.165, 1.54) is 0 Å². The van der Waals surface area contributed by atoms with E-state index in [0.717, 1.165) is 18.1 Å². The van der Waals surface area contributed by atoms with Gasteiger partial charge in [-0.05, 0) is 13.3 Å². The zero-order chi connectivity index (χ0) is 14.3. The van der Waals surface area contributed by atoms with Crippen LogP contribution >= 0.6 is 0 Å². The van der Waals surface area contributed by atoms with Crippen molar-refractivity contribution in [2.24, 2.45) is 0 Å². The van der Waals surface area contributed by atoms with Gasteiger partial charge in [-0.1, -0.05) is 20.8 Å². The summed E-state index contributed by atoms with van der Waals surface area (Å²) in [4.78, 5) is 8.92. The zero-order valence-corrected chi connectivity index (χ0v) is 12.6. The number of rotatable bonds is 8. The third-order valence-electron chi connectivity index (χ3n) is 2.78. The molecule has 0 saturated carbocycles. The van der Waals surface area contributed by atoms with Crippen molar-refractivity contribution in [1.29, 1.82) is 0 Å². The lowest BCUT2D eigenvalue weighted by Crippen LogP contribution is -2.16. The predicted molar refractivity (Wildman–Crippen MR) is 76.9 cm³/mol. The first-order valence-corrected chi connectivity index (χ1v) is 6.84. The SMILES string of the molecule is CCC(C)Nc1cc(OCCOC)nc(C(C)C)n1. The average Bonchev–Trinajstić information content (AvgIpc) is 2.38. The number of aromatic nitrogens is 2. The summed E-state index contributed by atoms with van der Waals surface area (Å²) in [6.45, 7) is 9.45. The Morgan fingerprint density at radius 1 is 1.21 bits per heavy atom. The van der Waals surface area contributed by atoms with Gasteiger partial charge in [-0.25, -0.2) is 4.98 Å². The molecule has 1 aromatic rings. The van der Waals surface area contributed by atoms with Crippen LogP contribution in [0.3, 0.4) is 0 Å². The molecular formula is C14H25N3O2. The van der Waals surface area contributed by atoms with E-state index in [2.05, 4.69) is 43.0 Å². The highest BCUT2D eigenvalue weighted by atomic mass is 16.5. The lowest BCUT2D eigenvalue weighted by Gasteiger charge is -2.15. The molecule has 0 bridgehead atoms. The van der Waals surface area contributed by atoms with E-state index >= 15 is 0 Å². The Balaban J connectivity index is 2.84. The Labute approximate surface area is 115 Å². The molecule has 5 heteroatoms. The summed E-state index contributed by atoms with van der Waals surface area (Å²) < 4.78 is 10.5. The third-order valence-corrected chi connectivity index (χ3v) is 2.78. The molecule has 0 aliphatic carbocycles. The standard InChI is InChI=1S/C14H25N3O2/c1-6-11(4)15-12-9-13(19-8-7-18-5)17-14(16-12)10(2)3/h9-11H,6-8H2,1-5H3,(H,15,16,17). The van der Waals surface area contributed by atoms with Gasteiger partial charge < -0.3 is 14.8 Å². The first-order valence-electron chi connectivity index (χ1n) is 6.84. The van der Waals surface area contributed by atoms with E-state index in [1.54, 1.807) is 7.11 Å². The average molecular weight is 267 g/mol. The van der Waals surface area contributed by atoms with Crippen molar-refractivity contribution in [2.45, 2.75) is 46.1 Å². The highest BCUT2D eigenvalue weighted by Crippen LogP contribution is 2.19. The third kappa shape index (κ3) is 5.42. The van der Waals surface area contributed by atoms with Crippen molar-refractivity contribution >= 4 is 5.82 Å². The fraction of sp³-hybridized carbons (Fsp3) is 0.714. The molecule has 0 spiro atoms. The number of nitrogens with one attached hydrogen (secondary N) is 1. The molecule has 1 N–H and O–H groups in total. The van der Waals surface area contributed by atoms with E-state index in [1.807, 2.05) is 6.07 Å². The molecule has 0 aliphatic rings. The predicted octanol–water partition coefficient (Wildman–Crippen LogP) is 2.84. The van der Waals surface area contributed by atoms with Crippen LogP contribution in [0.25, 0.3) is 0 Å². The smallest absolute Gasteiger partial charge is 0.218 e. The maximum absolute atomic E-state index is 5.58. The van der Waals surface area contributed by atoms with Gasteiger partial charge in [0.2, 0.25) is 5.88 Å². The first kappa shape index (κ1) is 15.7. The summed E-state index contributed by atoms with van der Waals surface area (Å²) in [5, 5.41) is 3.36. The second kappa shape index (κ2) is 7.94. The van der Waals surface area contributed by atoms with E-state index in [4.69, 9.17) is 9.47 Å². The number of nitrogens with zero attached hydrogens (tertiary/aromatic N) is 2. The molecule has 0 fully saturated rings. The second-order valence-corrected chi connectivity index (χ2v) is 4.90. The van der Waals surface area contributed by atoms with Crippen LogP contribution in [0.2, 0.25) is 0 Å². The van der Waals surface area contributed by atoms with Crippen molar-refractivity contribution < 1.29 is 9.47 Å². The van der Waals surface area contributed by atoms with Crippen LogP contribution in [-0.2, 0) is 4.74 Å². The summed E-state index contributed by atoms with van der Waals surface area (Å²) in [7, 11) is 1.65. The number of hydrogen-bond donors (Lipinski definition) is 1. The molecule has 1 atom stereocenters. The summed E-state index contributed by atoms with van der Waals surface area (Å²) >= 11 is 0. The number of ether oxygens (including phenoxy) is 2. The molecule has 1 rings (SSSR count). The highest BCUT2D eigenvalue weighted by Gasteiger charge is 2.10. The molecular weight excluding hydrogens is 242 g/mol. The molecule has 0 aliphatic heterocycles. The quantitative estimate of drug-likeness (QED) is 0.734. The van der Waals surface area contributed by atoms with Crippen molar-refractivity contribution in [1.82, 2.24) is 9.97 Å². The van der Waals surface area contributed by atoms with Crippen molar-refractivity contribution in [3.63, 3.8) is 0 Å². The minimum Gasteiger partial charge on any atom is -0.475 e. The van der Waals surface area contributed by atoms with E-state index in [9.17, 15) is 0 Å². The summed E-state index contributed by atoms with van der Waals surface area (Å²) in [5.41, 5.74) is 0. The van der Waals surface area contributed by atoms with Crippen molar-refractivity contribution in [2.75, 3.05) is 25.6 Å². The molecule has 0 aromatic carbocycles. The summed E-state index contributed by atoms with van der Waals surface area (Å²) in [5.74, 6) is 2.48. The lowest BCUT2D eigenvalue weighted by molar-refractivity contribution is 0.143. The first-order chi connectivity index (χ1) is 9.06. The lowest BCUT2D eigenvalue weighted by atomic mass is 10.2. The van der Waals surface area contributed by atoms with Crippen LogP contribution in [0.1, 0.15) is 45.9 Å². The minimum atomic E-state index is 0.267. The molecule has 19 heavy (non-hydrogen) atoms. The molecule has 5 nitrogen and oxygen atoms in total. The fourth-order valence-electron chi connectivity index (χ4n) is 1.43. The summed E-state index contributed by atoms with van der Waals surface area (Å²) in [6, 6.07) is 2.22. The Kier molecular flexibility index (Phi) is 6.56. The molecule has 1 unspecified atom stereocenters. The molecule has 108 valence electrons. The van der Waals surface area contributed by atoms with Gasteiger partial charge in [0, 0.05) is 25.1 Å². The van der Waals surface area contributed by atoms with Gasteiger partial charge in [-0.15, -0.1) is 0 Å². The highest BCUT2D eigenvalue weighted by molar-refractivity contribution is 5.39. The van der Waals surface area contributed by atoms with Gasteiger partial charge in [-0.2, -0.15) is 4.98 Å². The van der Waals surface area contributed by atoms with E-state index in [0.29, 0.717) is 25.1 Å². The zero-order valence-electron chi connectivity index (χ0n) is 12.6. The number of methoxy groups -OCH3 is 1. The van der Waals surface area contributed by atoms with Crippen LogP contribution < -0.4 is 10.1 Å².